The molecular weight excluding hydrogens is 336 g/mol. The highest BCUT2D eigenvalue weighted by molar-refractivity contribution is 5.77. The molecule has 0 bridgehead atoms. The zero-order valence-electron chi connectivity index (χ0n) is 17.7. The highest BCUT2D eigenvalue weighted by Crippen LogP contribution is 2.39. The first kappa shape index (κ1) is 20.3. The molecule has 1 amide bonds. The monoisotopic (exact) mass is 372 g/mol. The van der Waals surface area contributed by atoms with Crippen LogP contribution < -0.4 is 5.32 Å². The Morgan fingerprint density at radius 2 is 1.81 bits per heavy atom. The summed E-state index contributed by atoms with van der Waals surface area (Å²) >= 11 is 0. The van der Waals surface area contributed by atoms with E-state index in [1.807, 2.05) is 13.8 Å². The normalized spacial score (nSPS) is 22.5. The molecule has 150 valence electrons. The number of nitrogens with one attached hydrogen (secondary N) is 1. The summed E-state index contributed by atoms with van der Waals surface area (Å²) in [5.41, 5.74) is 5.66. The fourth-order valence-corrected chi connectivity index (χ4v) is 4.38. The van der Waals surface area contributed by atoms with Gasteiger partial charge in [-0.2, -0.15) is 0 Å². The number of hydrogen-bond donors (Lipinski definition) is 1. The largest absolute Gasteiger partial charge is 0.370 e. The average molecular weight is 373 g/mol. The number of carbonyl (C=O) groups is 1. The highest BCUT2D eigenvalue weighted by atomic mass is 16.5. The van der Waals surface area contributed by atoms with Crippen LogP contribution in [0.1, 0.15) is 61.8 Å². The number of hydrogen-bond acceptors (Lipinski definition) is 3. The summed E-state index contributed by atoms with van der Waals surface area (Å²) in [6.07, 6.45) is 4.58. The van der Waals surface area contributed by atoms with Gasteiger partial charge in [0.15, 0.2) is 0 Å². The molecule has 27 heavy (non-hydrogen) atoms. The molecule has 1 spiro atoms. The third kappa shape index (κ3) is 4.91. The Kier molecular flexibility index (Phi) is 6.27. The molecule has 1 aromatic rings. The number of carbonyl (C=O) groups excluding carboxylic acids is 1. The van der Waals surface area contributed by atoms with Crippen molar-refractivity contribution >= 4 is 5.91 Å². The molecule has 0 radical (unpaired) electrons. The van der Waals surface area contributed by atoms with Crippen molar-refractivity contribution in [3.8, 4) is 0 Å². The lowest BCUT2D eigenvalue weighted by Crippen LogP contribution is -2.45. The van der Waals surface area contributed by atoms with E-state index in [9.17, 15) is 4.79 Å². The van der Waals surface area contributed by atoms with Gasteiger partial charge in [-0.1, -0.05) is 26.0 Å². The van der Waals surface area contributed by atoms with Crippen LogP contribution in [-0.2, 0) is 16.1 Å². The predicted molar refractivity (Wildman–Crippen MR) is 110 cm³/mol. The lowest BCUT2D eigenvalue weighted by Gasteiger charge is -2.39. The van der Waals surface area contributed by atoms with Gasteiger partial charge in [0.2, 0.25) is 5.91 Å². The average Bonchev–Trinajstić information content (AvgIpc) is 3.02. The summed E-state index contributed by atoms with van der Waals surface area (Å²) in [7, 11) is 0. The number of amides is 1. The molecule has 0 aromatic heterocycles. The van der Waals surface area contributed by atoms with Gasteiger partial charge in [0, 0.05) is 32.1 Å². The maximum Gasteiger partial charge on any atom is 0.222 e. The Bertz CT molecular complexity index is 675. The van der Waals surface area contributed by atoms with Gasteiger partial charge in [0.05, 0.1) is 11.7 Å². The third-order valence-electron chi connectivity index (χ3n) is 6.48. The number of nitrogens with zero attached hydrogens (tertiary/aromatic N) is 1. The van der Waals surface area contributed by atoms with Gasteiger partial charge in [0.1, 0.15) is 0 Å². The molecule has 0 unspecified atom stereocenters. The summed E-state index contributed by atoms with van der Waals surface area (Å²) < 4.78 is 6.44. The van der Waals surface area contributed by atoms with Crippen LogP contribution in [0.5, 0.6) is 0 Å². The molecule has 1 aromatic carbocycles. The second kappa shape index (κ2) is 8.32. The molecule has 0 aliphatic carbocycles. The minimum Gasteiger partial charge on any atom is -0.370 e. The summed E-state index contributed by atoms with van der Waals surface area (Å²) in [5, 5.41) is 3.03. The molecule has 3 rings (SSSR count). The first-order chi connectivity index (χ1) is 12.8. The SMILES string of the molecule is Cc1cc(C)c(CN2CCC3(CC[C@H](CNC(=O)C(C)C)O3)CC2)cc1C. The van der Waals surface area contributed by atoms with Crippen molar-refractivity contribution < 1.29 is 9.53 Å². The molecule has 1 N–H and O–H groups in total. The lowest BCUT2D eigenvalue weighted by molar-refractivity contribution is -0.125. The van der Waals surface area contributed by atoms with Crippen LogP contribution >= 0.6 is 0 Å². The Labute approximate surface area is 164 Å². The third-order valence-corrected chi connectivity index (χ3v) is 6.48. The van der Waals surface area contributed by atoms with Crippen LogP contribution in [0.2, 0.25) is 0 Å². The summed E-state index contributed by atoms with van der Waals surface area (Å²) in [5.74, 6) is 0.163. The highest BCUT2D eigenvalue weighted by Gasteiger charge is 2.42. The van der Waals surface area contributed by atoms with E-state index >= 15 is 0 Å². The molecule has 2 fully saturated rings. The Balaban J connectivity index is 1.49. The van der Waals surface area contributed by atoms with Gasteiger partial charge in [-0.25, -0.2) is 0 Å². The predicted octanol–water partition coefficient (Wildman–Crippen LogP) is 3.90. The number of piperidine rings is 1. The Morgan fingerprint density at radius 1 is 1.15 bits per heavy atom. The topological polar surface area (TPSA) is 41.6 Å². The lowest BCUT2D eigenvalue weighted by atomic mass is 9.88. The maximum absolute atomic E-state index is 11.8. The van der Waals surface area contributed by atoms with Gasteiger partial charge in [-0.15, -0.1) is 0 Å². The van der Waals surface area contributed by atoms with E-state index in [1.165, 1.54) is 22.3 Å². The molecule has 2 saturated heterocycles. The van der Waals surface area contributed by atoms with Crippen LogP contribution in [0, 0.1) is 26.7 Å². The van der Waals surface area contributed by atoms with Crippen molar-refractivity contribution in [2.45, 2.75) is 78.6 Å². The van der Waals surface area contributed by atoms with Crippen LogP contribution in [0.3, 0.4) is 0 Å². The molecule has 4 heteroatoms. The zero-order chi connectivity index (χ0) is 19.6. The minimum atomic E-state index is 0.0393. The maximum atomic E-state index is 11.8. The van der Waals surface area contributed by atoms with Crippen molar-refractivity contribution in [2.75, 3.05) is 19.6 Å². The van der Waals surface area contributed by atoms with Crippen LogP contribution in [0.15, 0.2) is 12.1 Å². The first-order valence-corrected chi connectivity index (χ1v) is 10.5. The van der Waals surface area contributed by atoms with Crippen LogP contribution in [0.4, 0.5) is 0 Å². The van der Waals surface area contributed by atoms with E-state index in [1.54, 1.807) is 0 Å². The quantitative estimate of drug-likeness (QED) is 0.852. The molecule has 4 nitrogen and oxygen atoms in total. The number of rotatable bonds is 5. The van der Waals surface area contributed by atoms with Gasteiger partial charge in [-0.3, -0.25) is 9.69 Å². The van der Waals surface area contributed by atoms with Crippen molar-refractivity contribution in [1.29, 1.82) is 0 Å². The number of benzene rings is 1. The molecule has 0 saturated carbocycles. The fourth-order valence-electron chi connectivity index (χ4n) is 4.38. The zero-order valence-corrected chi connectivity index (χ0v) is 17.7. The van der Waals surface area contributed by atoms with E-state index in [-0.39, 0.29) is 23.5 Å². The number of ether oxygens (including phenoxy) is 1. The van der Waals surface area contributed by atoms with E-state index in [4.69, 9.17) is 4.74 Å². The van der Waals surface area contributed by atoms with E-state index < -0.39 is 0 Å². The van der Waals surface area contributed by atoms with E-state index in [0.29, 0.717) is 6.54 Å². The van der Waals surface area contributed by atoms with E-state index in [0.717, 1.165) is 45.3 Å². The van der Waals surface area contributed by atoms with E-state index in [2.05, 4.69) is 43.1 Å². The van der Waals surface area contributed by atoms with Gasteiger partial charge < -0.3 is 10.1 Å². The number of likely N-dealkylation sites (tertiary alicyclic amines) is 1. The smallest absolute Gasteiger partial charge is 0.222 e. The Morgan fingerprint density at radius 3 is 2.48 bits per heavy atom. The van der Waals surface area contributed by atoms with Gasteiger partial charge >= 0.3 is 0 Å². The second-order valence-electron chi connectivity index (χ2n) is 9.00. The number of aryl methyl sites for hydroxylation is 3. The van der Waals surface area contributed by atoms with Crippen molar-refractivity contribution in [1.82, 2.24) is 10.2 Å². The van der Waals surface area contributed by atoms with Crippen molar-refractivity contribution in [3.05, 3.63) is 34.4 Å². The molecule has 2 aliphatic rings. The van der Waals surface area contributed by atoms with Crippen LogP contribution in [-0.4, -0.2) is 42.1 Å². The minimum absolute atomic E-state index is 0.0393. The second-order valence-corrected chi connectivity index (χ2v) is 9.00. The molecule has 2 heterocycles. The standard InChI is InChI=1S/C23H36N2O2/c1-16(2)22(26)24-14-21-6-7-23(27-21)8-10-25(11-9-23)15-20-13-18(4)17(3)12-19(20)5/h12-13,16,21H,6-11,14-15H2,1-5H3,(H,24,26)/t21-/m1/s1. The summed E-state index contributed by atoms with van der Waals surface area (Å²) in [6.45, 7) is 14.4. The van der Waals surface area contributed by atoms with Crippen LogP contribution in [0.25, 0.3) is 0 Å². The van der Waals surface area contributed by atoms with Crippen molar-refractivity contribution in [3.63, 3.8) is 0 Å². The molecule has 2 aliphatic heterocycles. The van der Waals surface area contributed by atoms with Crippen molar-refractivity contribution in [2.24, 2.45) is 5.92 Å². The first-order valence-electron chi connectivity index (χ1n) is 10.5. The molecule has 1 atom stereocenters. The van der Waals surface area contributed by atoms with Gasteiger partial charge in [-0.05, 0) is 68.7 Å². The van der Waals surface area contributed by atoms with Gasteiger partial charge in [0.25, 0.3) is 0 Å². The molecular formula is C23H36N2O2. The summed E-state index contributed by atoms with van der Waals surface area (Å²) in [6, 6.07) is 4.67. The summed E-state index contributed by atoms with van der Waals surface area (Å²) in [4.78, 5) is 14.4. The Hall–Kier alpha value is -1.39. The fraction of sp³-hybridized carbons (Fsp3) is 0.696.